The topological polar surface area (TPSA) is 37.5 Å². The number of H-pyrrole nitrogens is 1. The Labute approximate surface area is 335 Å². The van der Waals surface area contributed by atoms with Crippen LogP contribution in [-0.4, -0.2) is 23.5 Å². The van der Waals surface area contributed by atoms with E-state index < -0.39 is 0 Å². The molecule has 6 rings (SSSR count). The second kappa shape index (κ2) is 21.5. The third-order valence-corrected chi connectivity index (χ3v) is 8.62. The molecule has 0 saturated heterocycles. The lowest BCUT2D eigenvalue weighted by atomic mass is 9.85. The van der Waals surface area contributed by atoms with Crippen molar-refractivity contribution < 1.29 is 13.9 Å². The molecule has 0 amide bonds. The Kier molecular flexibility index (Phi) is 15.1. The Morgan fingerprint density at radius 1 is 0.702 bits per heavy atom. The number of methoxy groups -OCH3 is 1. The molecule has 0 spiro atoms. The number of hydrogen-bond acceptors (Lipinski definition) is 3. The van der Waals surface area contributed by atoms with E-state index in [2.05, 4.69) is 177 Å². The predicted molar refractivity (Wildman–Crippen MR) is 224 cm³/mol. The third-order valence-electron chi connectivity index (χ3n) is 8.62. The minimum absolute atomic E-state index is 0.208. The maximum Gasteiger partial charge on any atom is 0.162 e. The number of benzene rings is 3. The first kappa shape index (κ1) is 40.0. The summed E-state index contributed by atoms with van der Waals surface area (Å²) >= 11 is 0. The fourth-order valence-electron chi connectivity index (χ4n) is 6.06. The minimum Gasteiger partial charge on any atom is -0.493 e. The molecule has 57 heavy (non-hydrogen) atoms. The molecule has 1 atom stereocenters. The summed E-state index contributed by atoms with van der Waals surface area (Å²) in [5.74, 6) is 56.8. The molecule has 270 valence electrons. The standard InChI is InChI=1S/C28H27FN2O2.C24H6/c1-17-7-8-18(11-23(17)29)16-33-28-14-21-19(12-27(28)32-2)9-10-31-15-25-22(13-26(21)31)20-5-3-4-6-24(20)30-25;1-3-5-7-9-11-13-15-17-19-21-23-24-22-20-18-16-14-12-10-8-6-4-2/h3-8,11-12,14,26,30H,9-10,13,15-16H2,1-2H3;1-2H3. The molecule has 0 aliphatic carbocycles. The largest absolute Gasteiger partial charge is 0.493 e. The van der Waals surface area contributed by atoms with Crippen molar-refractivity contribution in [3.05, 3.63) is 93.9 Å². The van der Waals surface area contributed by atoms with Crippen molar-refractivity contribution in [1.29, 1.82) is 0 Å². The van der Waals surface area contributed by atoms with Gasteiger partial charge in [0.2, 0.25) is 0 Å². The van der Waals surface area contributed by atoms with Gasteiger partial charge in [0.25, 0.3) is 0 Å². The highest BCUT2D eigenvalue weighted by Gasteiger charge is 2.34. The zero-order valence-electron chi connectivity index (χ0n) is 32.0. The monoisotopic (exact) mass is 736 g/mol. The molecular weight excluding hydrogens is 704 g/mol. The van der Waals surface area contributed by atoms with Gasteiger partial charge in [-0.15, -0.1) is 0 Å². The normalized spacial score (nSPS) is 11.7. The average molecular weight is 737 g/mol. The van der Waals surface area contributed by atoms with Gasteiger partial charge in [-0.05, 0) is 180 Å². The minimum atomic E-state index is -0.208. The lowest BCUT2D eigenvalue weighted by Crippen LogP contribution is -2.39. The first-order chi connectivity index (χ1) is 28.0. The van der Waals surface area contributed by atoms with Crippen molar-refractivity contribution in [1.82, 2.24) is 9.88 Å². The number of rotatable bonds is 4. The Morgan fingerprint density at radius 3 is 1.81 bits per heavy atom. The van der Waals surface area contributed by atoms with E-state index in [0.717, 1.165) is 37.2 Å². The number of aromatic nitrogens is 1. The fraction of sp³-hybridized carbons (Fsp3) is 0.192. The van der Waals surface area contributed by atoms with Crippen LogP contribution in [0.25, 0.3) is 10.9 Å². The van der Waals surface area contributed by atoms with Crippen molar-refractivity contribution >= 4 is 10.9 Å². The Bertz CT molecular complexity index is 2830. The van der Waals surface area contributed by atoms with E-state index in [1.807, 2.05) is 6.07 Å². The van der Waals surface area contributed by atoms with Crippen LogP contribution in [0, 0.1) is 143 Å². The summed E-state index contributed by atoms with van der Waals surface area (Å²) in [6, 6.07) is 18.4. The molecule has 0 bridgehead atoms. The van der Waals surface area contributed by atoms with Crippen LogP contribution in [0.1, 0.15) is 53.4 Å². The number of aryl methyl sites for hydroxylation is 1. The van der Waals surface area contributed by atoms with Crippen LogP contribution in [0.5, 0.6) is 11.5 Å². The van der Waals surface area contributed by atoms with E-state index in [1.165, 1.54) is 33.3 Å². The van der Waals surface area contributed by atoms with Gasteiger partial charge < -0.3 is 14.5 Å². The van der Waals surface area contributed by atoms with Gasteiger partial charge in [-0.2, -0.15) is 0 Å². The van der Waals surface area contributed by atoms with Gasteiger partial charge >= 0.3 is 0 Å². The molecule has 3 heterocycles. The fourth-order valence-corrected chi connectivity index (χ4v) is 6.06. The van der Waals surface area contributed by atoms with Gasteiger partial charge in [-0.3, -0.25) is 4.90 Å². The van der Waals surface area contributed by atoms with Crippen LogP contribution >= 0.6 is 0 Å². The number of para-hydroxylation sites is 1. The third kappa shape index (κ3) is 11.7. The summed E-state index contributed by atoms with van der Waals surface area (Å²) in [6.45, 7) is 7.42. The zero-order chi connectivity index (χ0) is 40.1. The second-order valence-corrected chi connectivity index (χ2v) is 12.1. The van der Waals surface area contributed by atoms with Crippen LogP contribution in [-0.2, 0) is 26.0 Å². The van der Waals surface area contributed by atoms with E-state index in [-0.39, 0.29) is 5.82 Å². The second-order valence-electron chi connectivity index (χ2n) is 12.1. The summed E-state index contributed by atoms with van der Waals surface area (Å²) in [5, 5.41) is 1.32. The van der Waals surface area contributed by atoms with Crippen molar-refractivity contribution in [3.8, 4) is 142 Å². The van der Waals surface area contributed by atoms with E-state index in [0.29, 0.717) is 24.0 Å². The highest BCUT2D eigenvalue weighted by Crippen LogP contribution is 2.44. The number of aromatic amines is 1. The van der Waals surface area contributed by atoms with Crippen molar-refractivity contribution in [2.24, 2.45) is 0 Å². The average Bonchev–Trinajstić information content (AvgIpc) is 3.60. The molecule has 1 unspecified atom stereocenters. The van der Waals surface area contributed by atoms with E-state index in [9.17, 15) is 4.39 Å². The summed E-state index contributed by atoms with van der Waals surface area (Å²) in [6.07, 6.45) is 1.96. The first-order valence-corrected chi connectivity index (χ1v) is 17.8. The molecule has 1 aromatic heterocycles. The first-order valence-electron chi connectivity index (χ1n) is 17.8. The molecule has 0 radical (unpaired) electrons. The lowest BCUT2D eigenvalue weighted by Gasteiger charge is -2.40. The molecule has 5 heteroatoms. The van der Waals surface area contributed by atoms with E-state index >= 15 is 0 Å². The van der Waals surface area contributed by atoms with Crippen LogP contribution in [0.3, 0.4) is 0 Å². The predicted octanol–water partition coefficient (Wildman–Crippen LogP) is 6.92. The van der Waals surface area contributed by atoms with Crippen LogP contribution in [0.15, 0.2) is 54.6 Å². The van der Waals surface area contributed by atoms with Crippen molar-refractivity contribution in [3.63, 3.8) is 0 Å². The number of halogens is 1. The molecule has 0 fully saturated rings. The lowest BCUT2D eigenvalue weighted by molar-refractivity contribution is 0.158. The summed E-state index contributed by atoms with van der Waals surface area (Å²) in [4.78, 5) is 6.19. The molecule has 4 aromatic rings. The van der Waals surface area contributed by atoms with Crippen LogP contribution in [0.2, 0.25) is 0 Å². The number of hydrogen-bond donors (Lipinski definition) is 1. The smallest absolute Gasteiger partial charge is 0.162 e. The molecular formula is C52H33FN2O2. The van der Waals surface area contributed by atoms with Crippen LogP contribution < -0.4 is 9.47 Å². The molecule has 1 N–H and O–H groups in total. The van der Waals surface area contributed by atoms with Crippen molar-refractivity contribution in [2.45, 2.75) is 52.8 Å². The molecule has 2 aliphatic heterocycles. The van der Waals surface area contributed by atoms with Crippen LogP contribution in [0.4, 0.5) is 4.39 Å². The molecule has 3 aromatic carbocycles. The van der Waals surface area contributed by atoms with E-state index in [1.54, 1.807) is 40.0 Å². The van der Waals surface area contributed by atoms with Gasteiger partial charge in [0.05, 0.1) is 7.11 Å². The molecule has 4 nitrogen and oxygen atoms in total. The van der Waals surface area contributed by atoms with Gasteiger partial charge in [0, 0.05) is 59.4 Å². The van der Waals surface area contributed by atoms with Gasteiger partial charge in [-0.1, -0.05) is 42.2 Å². The number of nitrogens with one attached hydrogen (secondary N) is 1. The number of nitrogens with zero attached hydrogens (tertiary/aromatic N) is 1. The highest BCUT2D eigenvalue weighted by molar-refractivity contribution is 5.85. The van der Waals surface area contributed by atoms with E-state index in [4.69, 9.17) is 9.47 Å². The molecule has 0 saturated carbocycles. The Hall–Kier alpha value is -8.15. The van der Waals surface area contributed by atoms with Gasteiger partial charge in [-0.25, -0.2) is 4.39 Å². The summed E-state index contributed by atoms with van der Waals surface area (Å²) < 4.78 is 25.8. The SMILES string of the molecule is CC#CC#CC#CC#CC#CC#CC#CC#CC#CC#CC#CC.COc1cc2c(cc1OCc1ccc(C)c(F)c1)C1Cc3c([nH]c4ccccc34)CN1CC2. The highest BCUT2D eigenvalue weighted by atomic mass is 19.1. The maximum atomic E-state index is 14.0. The zero-order valence-corrected chi connectivity index (χ0v) is 32.0. The Morgan fingerprint density at radius 2 is 1.26 bits per heavy atom. The van der Waals surface area contributed by atoms with Gasteiger partial charge in [0.1, 0.15) is 12.4 Å². The number of fused-ring (bicyclic) bond motifs is 6. The Balaban J connectivity index is 0.000000232. The van der Waals surface area contributed by atoms with Gasteiger partial charge in [0.15, 0.2) is 11.5 Å². The number of ether oxygens (including phenoxy) is 2. The molecule has 2 aliphatic rings. The quantitative estimate of drug-likeness (QED) is 0.232. The maximum absolute atomic E-state index is 14.0. The summed E-state index contributed by atoms with van der Waals surface area (Å²) in [5.41, 5.74) is 8.05. The van der Waals surface area contributed by atoms with Crippen molar-refractivity contribution in [2.75, 3.05) is 13.7 Å². The summed E-state index contributed by atoms with van der Waals surface area (Å²) in [7, 11) is 1.67.